The molecule has 2 aliphatic heterocycles. The van der Waals surface area contributed by atoms with E-state index in [0.29, 0.717) is 26.2 Å². The van der Waals surface area contributed by atoms with E-state index in [0.717, 1.165) is 16.3 Å². The summed E-state index contributed by atoms with van der Waals surface area (Å²) in [5.74, 6) is 0.211. The summed E-state index contributed by atoms with van der Waals surface area (Å²) in [5.41, 5.74) is 0.0397. The van der Waals surface area contributed by atoms with E-state index in [1.807, 2.05) is 24.3 Å². The lowest BCUT2D eigenvalue weighted by Gasteiger charge is -2.37. The first-order chi connectivity index (χ1) is 12.3. The van der Waals surface area contributed by atoms with E-state index in [-0.39, 0.29) is 18.4 Å². The fourth-order valence-electron chi connectivity index (χ4n) is 3.28. The lowest BCUT2D eigenvalue weighted by Crippen LogP contribution is -2.52. The molecule has 0 spiro atoms. The Morgan fingerprint density at radius 3 is 2.38 bits per heavy atom. The van der Waals surface area contributed by atoms with Crippen molar-refractivity contribution in [1.82, 2.24) is 15.1 Å². The van der Waals surface area contributed by atoms with Crippen molar-refractivity contribution in [1.29, 1.82) is 0 Å². The molecular formula is C18H24N4O4. The molecule has 2 aliphatic rings. The van der Waals surface area contributed by atoms with Crippen LogP contribution in [-0.2, 0) is 9.59 Å². The van der Waals surface area contributed by atoms with Crippen molar-refractivity contribution < 1.29 is 19.1 Å². The second-order valence-corrected chi connectivity index (χ2v) is 6.99. The van der Waals surface area contributed by atoms with Crippen molar-refractivity contribution in [3.8, 4) is 5.75 Å². The summed E-state index contributed by atoms with van der Waals surface area (Å²) < 4.78 is 5.39. The molecule has 0 radical (unpaired) electrons. The standard InChI is InChI=1S/C18H24N4O4/c1-18(2)16(24)22(17(25)19-18)12-15(23)21-10-8-20(9-11-21)13-6-4-5-7-14(13)26-3/h4-7H,8-12H2,1-3H3,(H,19,25). The van der Waals surface area contributed by atoms with Crippen molar-refractivity contribution in [3.05, 3.63) is 24.3 Å². The molecule has 140 valence electrons. The Labute approximate surface area is 152 Å². The van der Waals surface area contributed by atoms with Gasteiger partial charge in [0.1, 0.15) is 17.8 Å². The summed E-state index contributed by atoms with van der Waals surface area (Å²) in [6.07, 6.45) is 0. The maximum absolute atomic E-state index is 12.5. The van der Waals surface area contributed by atoms with Gasteiger partial charge in [0, 0.05) is 26.2 Å². The number of methoxy groups -OCH3 is 1. The number of nitrogens with zero attached hydrogens (tertiary/aromatic N) is 3. The van der Waals surface area contributed by atoms with Crippen LogP contribution >= 0.6 is 0 Å². The molecule has 3 rings (SSSR count). The second-order valence-electron chi connectivity index (χ2n) is 6.99. The number of piperazine rings is 1. The smallest absolute Gasteiger partial charge is 0.325 e. The van der Waals surface area contributed by atoms with Crippen LogP contribution in [0.25, 0.3) is 0 Å². The molecular weight excluding hydrogens is 336 g/mol. The Hall–Kier alpha value is -2.77. The molecule has 0 atom stereocenters. The Kier molecular flexibility index (Phi) is 4.76. The number of carbonyl (C=O) groups excluding carboxylic acids is 3. The molecule has 0 saturated carbocycles. The number of rotatable bonds is 4. The van der Waals surface area contributed by atoms with Gasteiger partial charge in [-0.1, -0.05) is 12.1 Å². The molecule has 2 saturated heterocycles. The highest BCUT2D eigenvalue weighted by molar-refractivity contribution is 6.08. The van der Waals surface area contributed by atoms with Gasteiger partial charge in [0.05, 0.1) is 12.8 Å². The largest absolute Gasteiger partial charge is 0.495 e. The summed E-state index contributed by atoms with van der Waals surface area (Å²) in [6.45, 7) is 5.43. The highest BCUT2D eigenvalue weighted by Crippen LogP contribution is 2.28. The van der Waals surface area contributed by atoms with Crippen molar-refractivity contribution in [2.45, 2.75) is 19.4 Å². The molecule has 1 aromatic carbocycles. The van der Waals surface area contributed by atoms with Gasteiger partial charge in [-0.25, -0.2) is 4.79 Å². The van der Waals surface area contributed by atoms with Gasteiger partial charge >= 0.3 is 6.03 Å². The molecule has 8 nitrogen and oxygen atoms in total. The quantitative estimate of drug-likeness (QED) is 0.799. The molecule has 0 aliphatic carbocycles. The predicted molar refractivity (Wildman–Crippen MR) is 96.1 cm³/mol. The monoisotopic (exact) mass is 360 g/mol. The third-order valence-electron chi connectivity index (χ3n) is 4.80. The van der Waals surface area contributed by atoms with Crippen LogP contribution in [0.1, 0.15) is 13.8 Å². The highest BCUT2D eigenvalue weighted by Gasteiger charge is 2.45. The van der Waals surface area contributed by atoms with E-state index >= 15 is 0 Å². The Balaban J connectivity index is 1.59. The molecule has 1 aromatic rings. The molecule has 0 unspecified atom stereocenters. The van der Waals surface area contributed by atoms with Crippen molar-refractivity contribution >= 4 is 23.5 Å². The SMILES string of the molecule is COc1ccccc1N1CCN(C(=O)CN2C(=O)NC(C)(C)C2=O)CC1. The zero-order chi connectivity index (χ0) is 18.9. The normalized spacial score (nSPS) is 19.6. The number of para-hydroxylation sites is 2. The number of amides is 4. The topological polar surface area (TPSA) is 82.2 Å². The van der Waals surface area contributed by atoms with Gasteiger partial charge < -0.3 is 19.9 Å². The third-order valence-corrected chi connectivity index (χ3v) is 4.80. The van der Waals surface area contributed by atoms with E-state index in [1.165, 1.54) is 0 Å². The van der Waals surface area contributed by atoms with Gasteiger partial charge in [-0.2, -0.15) is 0 Å². The first kappa shape index (κ1) is 18.0. The lowest BCUT2D eigenvalue weighted by atomic mass is 10.1. The van der Waals surface area contributed by atoms with Gasteiger partial charge in [0.25, 0.3) is 5.91 Å². The van der Waals surface area contributed by atoms with Gasteiger partial charge in [0.2, 0.25) is 5.91 Å². The molecule has 1 N–H and O–H groups in total. The first-order valence-corrected chi connectivity index (χ1v) is 8.63. The number of imide groups is 1. The van der Waals surface area contributed by atoms with E-state index in [2.05, 4.69) is 10.2 Å². The maximum Gasteiger partial charge on any atom is 0.325 e. The Morgan fingerprint density at radius 1 is 1.15 bits per heavy atom. The maximum atomic E-state index is 12.5. The zero-order valence-electron chi connectivity index (χ0n) is 15.3. The minimum Gasteiger partial charge on any atom is -0.495 e. The number of nitrogens with one attached hydrogen (secondary N) is 1. The van der Waals surface area contributed by atoms with E-state index in [9.17, 15) is 14.4 Å². The average Bonchev–Trinajstić information content (AvgIpc) is 2.83. The number of urea groups is 1. The molecule has 26 heavy (non-hydrogen) atoms. The second kappa shape index (κ2) is 6.86. The summed E-state index contributed by atoms with van der Waals surface area (Å²) >= 11 is 0. The summed E-state index contributed by atoms with van der Waals surface area (Å²) in [4.78, 5) is 41.5. The Bertz CT molecular complexity index is 726. The molecule has 2 fully saturated rings. The molecule has 4 amide bonds. The number of hydrogen-bond donors (Lipinski definition) is 1. The lowest BCUT2D eigenvalue weighted by molar-refractivity contribution is -0.138. The van der Waals surface area contributed by atoms with Gasteiger partial charge in [-0.3, -0.25) is 14.5 Å². The third kappa shape index (κ3) is 3.31. The number of ether oxygens (including phenoxy) is 1. The van der Waals surface area contributed by atoms with Crippen LogP contribution in [0.4, 0.5) is 10.5 Å². The van der Waals surface area contributed by atoms with E-state index in [1.54, 1.807) is 25.9 Å². The van der Waals surface area contributed by atoms with Crippen LogP contribution in [0.15, 0.2) is 24.3 Å². The molecule has 0 bridgehead atoms. The molecule has 2 heterocycles. The zero-order valence-corrected chi connectivity index (χ0v) is 15.3. The van der Waals surface area contributed by atoms with Crippen molar-refractivity contribution in [3.63, 3.8) is 0 Å². The highest BCUT2D eigenvalue weighted by atomic mass is 16.5. The van der Waals surface area contributed by atoms with Crippen LogP contribution in [-0.4, -0.2) is 73.0 Å². The predicted octanol–water partition coefficient (Wildman–Crippen LogP) is 0.674. The summed E-state index contributed by atoms with van der Waals surface area (Å²) in [5, 5.41) is 2.59. The number of benzene rings is 1. The van der Waals surface area contributed by atoms with E-state index in [4.69, 9.17) is 4.74 Å². The van der Waals surface area contributed by atoms with E-state index < -0.39 is 11.6 Å². The number of hydrogen-bond acceptors (Lipinski definition) is 5. The first-order valence-electron chi connectivity index (χ1n) is 8.63. The minimum absolute atomic E-state index is 0.217. The average molecular weight is 360 g/mol. The van der Waals surface area contributed by atoms with Gasteiger partial charge in [-0.15, -0.1) is 0 Å². The minimum atomic E-state index is -0.958. The van der Waals surface area contributed by atoms with Crippen LogP contribution in [0.2, 0.25) is 0 Å². The van der Waals surface area contributed by atoms with Gasteiger partial charge in [0.15, 0.2) is 0 Å². The molecule has 0 aromatic heterocycles. The fourth-order valence-corrected chi connectivity index (χ4v) is 3.28. The number of carbonyl (C=O) groups is 3. The van der Waals surface area contributed by atoms with Crippen LogP contribution in [0.5, 0.6) is 5.75 Å². The molecule has 8 heteroatoms. The van der Waals surface area contributed by atoms with Crippen LogP contribution in [0, 0.1) is 0 Å². The van der Waals surface area contributed by atoms with Crippen LogP contribution in [0.3, 0.4) is 0 Å². The number of anilines is 1. The summed E-state index contributed by atoms with van der Waals surface area (Å²) in [7, 11) is 1.64. The van der Waals surface area contributed by atoms with Gasteiger partial charge in [-0.05, 0) is 26.0 Å². The fraction of sp³-hybridized carbons (Fsp3) is 0.500. The van der Waals surface area contributed by atoms with Crippen molar-refractivity contribution in [2.24, 2.45) is 0 Å². The summed E-state index contributed by atoms with van der Waals surface area (Å²) in [6, 6.07) is 7.26. The van der Waals surface area contributed by atoms with Crippen molar-refractivity contribution in [2.75, 3.05) is 44.7 Å². The van der Waals surface area contributed by atoms with Crippen LogP contribution < -0.4 is 15.0 Å². The Morgan fingerprint density at radius 2 is 1.81 bits per heavy atom.